The highest BCUT2D eigenvalue weighted by Gasteiger charge is 2.32. The number of ether oxygens (including phenoxy) is 3. The number of aromatic hydroxyl groups is 3. The highest BCUT2D eigenvalue weighted by molar-refractivity contribution is 6.02. The Labute approximate surface area is 294 Å². The highest BCUT2D eigenvalue weighted by atomic mass is 16.5. The first-order valence-electron chi connectivity index (χ1n) is 16.5. The van der Waals surface area contributed by atoms with Crippen LogP contribution >= 0.6 is 0 Å². The lowest BCUT2D eigenvalue weighted by Crippen LogP contribution is -2.28. The summed E-state index contributed by atoms with van der Waals surface area (Å²) in [6.07, 6.45) is 8.85. The van der Waals surface area contributed by atoms with Crippen molar-refractivity contribution in [2.24, 2.45) is 0 Å². The van der Waals surface area contributed by atoms with Crippen molar-refractivity contribution >= 4 is 28.0 Å². The maximum absolute atomic E-state index is 12.9. The van der Waals surface area contributed by atoms with Crippen LogP contribution in [0, 0.1) is 6.92 Å². The Morgan fingerprint density at radius 2 is 1.71 bits per heavy atom. The molecule has 10 nitrogen and oxygen atoms in total. The smallest absolute Gasteiger partial charge is 0.348 e. The van der Waals surface area contributed by atoms with Gasteiger partial charge in [-0.05, 0) is 89.8 Å². The lowest BCUT2D eigenvalue weighted by atomic mass is 9.93. The minimum Gasteiger partial charge on any atom is -0.508 e. The normalized spacial score (nSPS) is 14.2. The molecule has 2 aromatic heterocycles. The fourth-order valence-electron chi connectivity index (χ4n) is 6.19. The quantitative estimate of drug-likeness (QED) is 0.124. The number of hydrogen-bond acceptors (Lipinski definition) is 10. The van der Waals surface area contributed by atoms with Crippen LogP contribution in [-0.2, 0) is 12.8 Å². The van der Waals surface area contributed by atoms with Crippen LogP contribution in [0.1, 0.15) is 57.1 Å². The van der Waals surface area contributed by atoms with Crippen molar-refractivity contribution in [1.29, 1.82) is 0 Å². The topological polar surface area (TPSA) is 149 Å². The molecule has 51 heavy (non-hydrogen) atoms. The van der Waals surface area contributed by atoms with E-state index in [1.807, 2.05) is 52.8 Å². The first kappa shape index (κ1) is 34.9. The van der Waals surface area contributed by atoms with Crippen molar-refractivity contribution in [1.82, 2.24) is 0 Å². The van der Waals surface area contributed by atoms with Crippen LogP contribution in [-0.4, -0.2) is 34.6 Å². The van der Waals surface area contributed by atoms with Crippen molar-refractivity contribution < 1.29 is 38.4 Å². The molecule has 0 amide bonds. The number of rotatable bonds is 4. The Morgan fingerprint density at radius 1 is 0.980 bits per heavy atom. The predicted octanol–water partition coefficient (Wildman–Crippen LogP) is 8.26. The van der Waals surface area contributed by atoms with Crippen LogP contribution in [0.4, 0.5) is 0 Å². The van der Waals surface area contributed by atoms with Gasteiger partial charge in [0.05, 0.1) is 12.7 Å². The van der Waals surface area contributed by atoms with Crippen LogP contribution in [0.25, 0.3) is 39.1 Å². The Balaban J connectivity index is 0.000000200. The highest BCUT2D eigenvalue weighted by Crippen LogP contribution is 2.49. The van der Waals surface area contributed by atoms with E-state index in [1.165, 1.54) is 25.3 Å². The van der Waals surface area contributed by atoms with Gasteiger partial charge in [0.25, 0.3) is 0 Å². The second kappa shape index (κ2) is 13.4. The van der Waals surface area contributed by atoms with Crippen molar-refractivity contribution in [2.45, 2.75) is 60.0 Å². The first-order valence-corrected chi connectivity index (χ1v) is 16.5. The van der Waals surface area contributed by atoms with E-state index in [0.29, 0.717) is 70.1 Å². The molecule has 3 aromatic carbocycles. The van der Waals surface area contributed by atoms with Crippen LogP contribution in [0.3, 0.4) is 0 Å². The minimum atomic E-state index is -0.694. The number of fused-ring (bicyclic) bond motifs is 5. The van der Waals surface area contributed by atoms with E-state index in [9.17, 15) is 24.9 Å². The summed E-state index contributed by atoms with van der Waals surface area (Å²) in [6.45, 7) is 12.0. The molecule has 0 aliphatic carbocycles. The predicted molar refractivity (Wildman–Crippen MR) is 197 cm³/mol. The molecule has 2 aliphatic heterocycles. The molecule has 264 valence electrons. The molecule has 5 aromatic rings. The summed E-state index contributed by atoms with van der Waals surface area (Å²) in [5.41, 5.74) is 3.71. The zero-order chi connectivity index (χ0) is 36.8. The number of phenols is 2. The lowest BCUT2D eigenvalue weighted by molar-refractivity contribution is 0.157. The Bertz CT molecular complexity index is 2400. The van der Waals surface area contributed by atoms with Gasteiger partial charge in [0.15, 0.2) is 11.0 Å². The average Bonchev–Trinajstić information content (AvgIpc) is 3.25. The van der Waals surface area contributed by atoms with E-state index < -0.39 is 11.2 Å². The molecule has 3 N–H and O–H groups in total. The van der Waals surface area contributed by atoms with Gasteiger partial charge in [-0.2, -0.15) is 0 Å². The summed E-state index contributed by atoms with van der Waals surface area (Å²) in [6, 6.07) is 9.06. The monoisotopic (exact) mass is 692 g/mol. The van der Waals surface area contributed by atoms with Crippen molar-refractivity contribution in [3.05, 3.63) is 109 Å². The summed E-state index contributed by atoms with van der Waals surface area (Å²) in [7, 11) is 1.52. The molecular weight excluding hydrogens is 652 g/mol. The van der Waals surface area contributed by atoms with Crippen LogP contribution in [0.2, 0.25) is 0 Å². The van der Waals surface area contributed by atoms with Gasteiger partial charge in [0.1, 0.15) is 74.4 Å². The molecule has 7 rings (SSSR count). The summed E-state index contributed by atoms with van der Waals surface area (Å²) in [5.74, 6) is 1.83. The largest absolute Gasteiger partial charge is 0.508 e. The van der Waals surface area contributed by atoms with Crippen molar-refractivity contribution in [3.63, 3.8) is 0 Å². The van der Waals surface area contributed by atoms with E-state index in [1.54, 1.807) is 25.1 Å². The van der Waals surface area contributed by atoms with Gasteiger partial charge >= 0.3 is 5.63 Å². The Kier molecular flexibility index (Phi) is 9.20. The maximum Gasteiger partial charge on any atom is 0.348 e. The molecule has 2 aliphatic rings. The fraction of sp³-hybridized carbons (Fsp3) is 0.268. The van der Waals surface area contributed by atoms with E-state index in [0.717, 1.165) is 16.7 Å². The third kappa shape index (κ3) is 6.69. The zero-order valence-corrected chi connectivity index (χ0v) is 29.6. The number of hydrogen-bond donors (Lipinski definition) is 3. The van der Waals surface area contributed by atoms with Gasteiger partial charge in [0, 0.05) is 23.3 Å². The molecule has 0 fully saturated rings. The molecule has 0 atom stereocenters. The van der Waals surface area contributed by atoms with Gasteiger partial charge in [-0.3, -0.25) is 4.79 Å². The number of methoxy groups -OCH3 is 1. The van der Waals surface area contributed by atoms with E-state index in [4.69, 9.17) is 23.0 Å². The van der Waals surface area contributed by atoms with E-state index >= 15 is 0 Å². The Hall–Kier alpha value is -5.90. The van der Waals surface area contributed by atoms with Gasteiger partial charge in [-0.15, -0.1) is 0 Å². The second-order valence-electron chi connectivity index (χ2n) is 13.5. The third-order valence-corrected chi connectivity index (χ3v) is 8.75. The van der Waals surface area contributed by atoms with Crippen LogP contribution < -0.4 is 25.3 Å². The molecule has 4 heterocycles. The van der Waals surface area contributed by atoms with Gasteiger partial charge in [0.2, 0.25) is 0 Å². The third-order valence-electron chi connectivity index (χ3n) is 8.75. The number of aryl methyl sites for hydroxylation is 1. The van der Waals surface area contributed by atoms with Crippen molar-refractivity contribution in [3.8, 4) is 45.6 Å². The molecular formula is C41H40O10. The van der Waals surface area contributed by atoms with Gasteiger partial charge < -0.3 is 38.4 Å². The fourth-order valence-corrected chi connectivity index (χ4v) is 6.19. The molecule has 0 unspecified atom stereocenters. The number of phenolic OH excluding ortho intramolecular Hbond substituents is 2. The summed E-state index contributed by atoms with van der Waals surface area (Å²) in [5, 5.41) is 31.7. The number of benzene rings is 3. The minimum absolute atomic E-state index is 0.00458. The van der Waals surface area contributed by atoms with E-state index in [-0.39, 0.29) is 39.2 Å². The average molecular weight is 693 g/mol. The molecule has 0 spiro atoms. The molecule has 0 saturated carbocycles. The Morgan fingerprint density at radius 3 is 2.39 bits per heavy atom. The molecule has 0 saturated heterocycles. The number of allylic oxidation sites excluding steroid dienone is 3. The summed E-state index contributed by atoms with van der Waals surface area (Å²) < 4.78 is 28.9. The van der Waals surface area contributed by atoms with Crippen LogP contribution in [0.15, 0.2) is 84.2 Å². The zero-order valence-electron chi connectivity index (χ0n) is 29.6. The maximum atomic E-state index is 12.9. The standard InChI is InChI=1S/C26H26O6.C15H14O4/c1-14(2)6-11-17-22-18(12-13-26(3,4)32-22)24-20(23(17)30-5)21(28)19(25(29)31-24)15-7-9-16(27)10-8-15;1-8-3-4-10-12(18-7-8)6-13-14(15(10)17)11(16)5-9(2)19-13/h6-10,12-13,27-28H,11H2,1-5H3;3,5-6,17H,4,7H2,1-2H3. The first-order chi connectivity index (χ1) is 24.2. The molecule has 0 radical (unpaired) electrons. The SMILES string of the molecule is CC1=CCc2c(cc3oc(C)cc(=O)c3c2O)OC1.COc1c(CC=C(C)C)c2c(c3oc(=O)c(-c4ccc(O)cc4)c(O)c13)C=CC(C)(C)O2. The van der Waals surface area contributed by atoms with Gasteiger partial charge in [-0.1, -0.05) is 29.9 Å². The van der Waals surface area contributed by atoms with Crippen LogP contribution in [0.5, 0.6) is 34.5 Å². The molecule has 0 bridgehead atoms. The summed E-state index contributed by atoms with van der Waals surface area (Å²) >= 11 is 0. The summed E-state index contributed by atoms with van der Waals surface area (Å²) in [4.78, 5) is 24.9. The van der Waals surface area contributed by atoms with Crippen molar-refractivity contribution in [2.75, 3.05) is 13.7 Å². The second-order valence-corrected chi connectivity index (χ2v) is 13.5. The van der Waals surface area contributed by atoms with E-state index in [2.05, 4.69) is 6.08 Å². The lowest BCUT2D eigenvalue weighted by Gasteiger charge is -2.31. The molecule has 10 heteroatoms. The van der Waals surface area contributed by atoms with Gasteiger partial charge in [-0.25, -0.2) is 4.79 Å².